The number of halogens is 1. The number of rotatable bonds is 10. The lowest BCUT2D eigenvalue weighted by Gasteiger charge is -2.26. The minimum Gasteiger partial charge on any atom is -0.493 e. The Labute approximate surface area is 196 Å². The van der Waals surface area contributed by atoms with E-state index in [1.807, 2.05) is 42.5 Å². The Hall–Kier alpha value is -2.61. The van der Waals surface area contributed by atoms with Crippen LogP contribution in [0.2, 0.25) is 0 Å². The molecule has 7 nitrogen and oxygen atoms in total. The summed E-state index contributed by atoms with van der Waals surface area (Å²) in [4.78, 5) is 2.34. The number of hydrogen-bond acceptors (Lipinski definition) is 7. The number of benzene rings is 2. The molecule has 0 amide bonds. The number of nitrogens with zero attached hydrogens (tertiary/aromatic N) is 1. The quantitative estimate of drug-likeness (QED) is 0.491. The van der Waals surface area contributed by atoms with Gasteiger partial charge in [-0.05, 0) is 35.4 Å². The van der Waals surface area contributed by atoms with E-state index in [1.54, 1.807) is 28.4 Å². The van der Waals surface area contributed by atoms with Crippen molar-refractivity contribution >= 4 is 24.6 Å². The molecule has 0 unspecified atom stereocenters. The molecule has 1 saturated heterocycles. The summed E-state index contributed by atoms with van der Waals surface area (Å²) in [6, 6.07) is 9.69. The van der Waals surface area contributed by atoms with Gasteiger partial charge in [0.2, 0.25) is 5.75 Å². The highest BCUT2D eigenvalue weighted by Crippen LogP contribution is 2.38. The summed E-state index contributed by atoms with van der Waals surface area (Å²) in [5.41, 5.74) is 1.93. The predicted molar refractivity (Wildman–Crippen MR) is 128 cm³/mol. The van der Waals surface area contributed by atoms with Crippen molar-refractivity contribution in [2.24, 2.45) is 0 Å². The highest BCUT2D eigenvalue weighted by Gasteiger charge is 2.13. The van der Waals surface area contributed by atoms with Crippen LogP contribution < -0.4 is 23.7 Å². The van der Waals surface area contributed by atoms with Gasteiger partial charge in [0.25, 0.3) is 0 Å². The molecule has 3 rings (SSSR count). The summed E-state index contributed by atoms with van der Waals surface area (Å²) < 4.78 is 33.1. The summed E-state index contributed by atoms with van der Waals surface area (Å²) >= 11 is 0. The lowest BCUT2D eigenvalue weighted by Crippen LogP contribution is -2.38. The van der Waals surface area contributed by atoms with Gasteiger partial charge in [-0.1, -0.05) is 18.2 Å². The first-order chi connectivity index (χ1) is 15.2. The van der Waals surface area contributed by atoms with Crippen LogP contribution in [0, 0.1) is 0 Å². The van der Waals surface area contributed by atoms with Gasteiger partial charge in [0, 0.05) is 19.6 Å². The maximum atomic E-state index is 6.03. The van der Waals surface area contributed by atoms with E-state index in [-0.39, 0.29) is 12.4 Å². The molecule has 0 N–H and O–H groups in total. The molecule has 8 heteroatoms. The normalized spacial score (nSPS) is 14.0. The molecule has 1 aliphatic rings. The molecule has 2 aromatic rings. The van der Waals surface area contributed by atoms with Crippen LogP contribution in [-0.2, 0) is 4.74 Å². The molecule has 176 valence electrons. The highest BCUT2D eigenvalue weighted by molar-refractivity contribution is 5.85. The summed E-state index contributed by atoms with van der Waals surface area (Å²) in [6.07, 6.45) is 4.00. The van der Waals surface area contributed by atoms with E-state index in [2.05, 4.69) is 4.90 Å². The van der Waals surface area contributed by atoms with Gasteiger partial charge in [-0.15, -0.1) is 12.4 Å². The number of morpholine rings is 1. The van der Waals surface area contributed by atoms with E-state index in [9.17, 15) is 0 Å². The van der Waals surface area contributed by atoms with Crippen LogP contribution >= 0.6 is 12.4 Å². The van der Waals surface area contributed by atoms with Crippen LogP contribution in [0.4, 0.5) is 0 Å². The molecule has 1 aliphatic heterocycles. The van der Waals surface area contributed by atoms with Gasteiger partial charge in [0.15, 0.2) is 23.0 Å². The molecule has 0 atom stereocenters. The van der Waals surface area contributed by atoms with E-state index >= 15 is 0 Å². The van der Waals surface area contributed by atoms with E-state index < -0.39 is 0 Å². The summed E-state index contributed by atoms with van der Waals surface area (Å²) in [5.74, 6) is 3.24. The van der Waals surface area contributed by atoms with Crippen molar-refractivity contribution in [1.82, 2.24) is 4.90 Å². The summed E-state index contributed by atoms with van der Waals surface area (Å²) in [7, 11) is 6.45. The van der Waals surface area contributed by atoms with E-state index in [4.69, 9.17) is 28.4 Å². The SMILES string of the molecule is COc1ccc(/C=C\c2cc(OC)c(OC)c(OC)c2)cc1OCCN1CCOCC1.Cl. The molecule has 0 aromatic heterocycles. The number of methoxy groups -OCH3 is 4. The Balaban J connectivity index is 0.00000363. The van der Waals surface area contributed by atoms with E-state index in [0.29, 0.717) is 29.6 Å². The second-order valence-electron chi connectivity index (χ2n) is 7.00. The topological polar surface area (TPSA) is 58.6 Å². The third kappa shape index (κ3) is 6.69. The molecular weight excluding hydrogens is 434 g/mol. The van der Waals surface area contributed by atoms with Crippen LogP contribution in [0.5, 0.6) is 28.7 Å². The molecule has 32 heavy (non-hydrogen) atoms. The van der Waals surface area contributed by atoms with Crippen molar-refractivity contribution in [3.63, 3.8) is 0 Å². The van der Waals surface area contributed by atoms with Crippen LogP contribution in [0.15, 0.2) is 30.3 Å². The molecule has 0 saturated carbocycles. The summed E-state index contributed by atoms with van der Waals surface area (Å²) in [5, 5.41) is 0. The summed E-state index contributed by atoms with van der Waals surface area (Å²) in [6.45, 7) is 4.90. The Kier molecular flexibility index (Phi) is 10.5. The smallest absolute Gasteiger partial charge is 0.203 e. The lowest BCUT2D eigenvalue weighted by atomic mass is 10.1. The highest BCUT2D eigenvalue weighted by atomic mass is 35.5. The van der Waals surface area contributed by atoms with Gasteiger partial charge in [-0.2, -0.15) is 0 Å². The molecular formula is C24H32ClNO6. The Morgan fingerprint density at radius 2 is 1.38 bits per heavy atom. The Morgan fingerprint density at radius 1 is 0.781 bits per heavy atom. The van der Waals surface area contributed by atoms with E-state index in [0.717, 1.165) is 49.7 Å². The maximum absolute atomic E-state index is 6.03. The average Bonchev–Trinajstić information content (AvgIpc) is 2.82. The molecule has 0 bridgehead atoms. The van der Waals surface area contributed by atoms with Gasteiger partial charge >= 0.3 is 0 Å². The van der Waals surface area contributed by atoms with Crippen molar-refractivity contribution in [2.75, 3.05) is 67.9 Å². The van der Waals surface area contributed by atoms with Gasteiger partial charge in [-0.3, -0.25) is 4.90 Å². The molecule has 1 heterocycles. The zero-order chi connectivity index (χ0) is 22.1. The first kappa shape index (κ1) is 25.6. The van der Waals surface area contributed by atoms with Gasteiger partial charge < -0.3 is 28.4 Å². The molecule has 0 radical (unpaired) electrons. The number of hydrogen-bond donors (Lipinski definition) is 0. The second-order valence-corrected chi connectivity index (χ2v) is 7.00. The predicted octanol–water partition coefficient (Wildman–Crippen LogP) is 4.02. The maximum Gasteiger partial charge on any atom is 0.203 e. The second kappa shape index (κ2) is 13.1. The van der Waals surface area contributed by atoms with Crippen molar-refractivity contribution in [1.29, 1.82) is 0 Å². The Bertz CT molecular complexity index is 858. The largest absolute Gasteiger partial charge is 0.493 e. The van der Waals surface area contributed by atoms with Crippen molar-refractivity contribution in [3.05, 3.63) is 41.5 Å². The average molecular weight is 466 g/mol. The Morgan fingerprint density at radius 3 is 1.97 bits per heavy atom. The minimum atomic E-state index is 0. The standard InChI is InChI=1S/C24H31NO6.ClH/c1-26-20-8-7-18(15-21(20)31-14-11-25-9-12-30-13-10-25)5-6-19-16-22(27-2)24(29-4)23(17-19)28-3;/h5-8,15-17H,9-14H2,1-4H3;1H/b6-5-;. The van der Waals surface area contributed by atoms with Crippen molar-refractivity contribution in [3.8, 4) is 28.7 Å². The first-order valence-electron chi connectivity index (χ1n) is 10.3. The van der Waals surface area contributed by atoms with Crippen LogP contribution in [0.3, 0.4) is 0 Å². The van der Waals surface area contributed by atoms with Gasteiger partial charge in [0.1, 0.15) is 6.61 Å². The fraction of sp³-hybridized carbons (Fsp3) is 0.417. The van der Waals surface area contributed by atoms with Gasteiger partial charge in [0.05, 0.1) is 41.7 Å². The third-order valence-corrected chi connectivity index (χ3v) is 5.11. The molecule has 0 aliphatic carbocycles. The van der Waals surface area contributed by atoms with Crippen LogP contribution in [0.25, 0.3) is 12.2 Å². The first-order valence-corrected chi connectivity index (χ1v) is 10.3. The lowest BCUT2D eigenvalue weighted by molar-refractivity contribution is 0.0321. The zero-order valence-corrected chi connectivity index (χ0v) is 19.9. The van der Waals surface area contributed by atoms with E-state index in [1.165, 1.54) is 0 Å². The zero-order valence-electron chi connectivity index (χ0n) is 19.1. The van der Waals surface area contributed by atoms with Crippen LogP contribution in [-0.4, -0.2) is 72.8 Å². The number of ether oxygens (including phenoxy) is 6. The molecule has 1 fully saturated rings. The molecule has 2 aromatic carbocycles. The van der Waals surface area contributed by atoms with Crippen molar-refractivity contribution in [2.45, 2.75) is 0 Å². The third-order valence-electron chi connectivity index (χ3n) is 5.11. The minimum absolute atomic E-state index is 0. The molecule has 0 spiro atoms. The fourth-order valence-electron chi connectivity index (χ4n) is 3.41. The fourth-order valence-corrected chi connectivity index (χ4v) is 3.41. The van der Waals surface area contributed by atoms with Gasteiger partial charge in [-0.25, -0.2) is 0 Å². The van der Waals surface area contributed by atoms with Crippen LogP contribution in [0.1, 0.15) is 11.1 Å². The monoisotopic (exact) mass is 465 g/mol. The van der Waals surface area contributed by atoms with Crippen molar-refractivity contribution < 1.29 is 28.4 Å².